The summed E-state index contributed by atoms with van der Waals surface area (Å²) >= 11 is 1.77. The molecule has 0 amide bonds. The summed E-state index contributed by atoms with van der Waals surface area (Å²) in [6.07, 6.45) is 4.42. The molecule has 6 heteroatoms. The normalized spacial score (nSPS) is 14.5. The third-order valence-corrected chi connectivity index (χ3v) is 5.64. The van der Waals surface area contributed by atoms with E-state index < -0.39 is 6.10 Å². The van der Waals surface area contributed by atoms with E-state index in [1.165, 1.54) is 16.9 Å². The molecule has 2 heterocycles. The van der Waals surface area contributed by atoms with E-state index in [4.69, 9.17) is 4.74 Å². The first-order valence-corrected chi connectivity index (χ1v) is 9.39. The Hall–Kier alpha value is -2.18. The number of fused-ring (bicyclic) bond motifs is 3. The summed E-state index contributed by atoms with van der Waals surface area (Å²) in [6, 6.07) is 7.83. The van der Waals surface area contributed by atoms with E-state index in [9.17, 15) is 5.11 Å². The smallest absolute Gasteiger partial charge is 0.138 e. The van der Waals surface area contributed by atoms with Crippen LogP contribution in [0.2, 0.25) is 0 Å². The first-order valence-electron chi connectivity index (χ1n) is 8.57. The minimum Gasteiger partial charge on any atom is -0.491 e. The Kier molecular flexibility index (Phi) is 4.55. The maximum Gasteiger partial charge on any atom is 0.138 e. The number of hydrogen-bond acceptors (Lipinski definition) is 6. The molecule has 0 radical (unpaired) electrons. The van der Waals surface area contributed by atoms with Gasteiger partial charge in [0.05, 0.1) is 5.39 Å². The van der Waals surface area contributed by atoms with E-state index in [2.05, 4.69) is 15.3 Å². The Morgan fingerprint density at radius 3 is 3.12 bits per heavy atom. The van der Waals surface area contributed by atoms with Crippen LogP contribution in [0.3, 0.4) is 0 Å². The predicted octanol–water partition coefficient (Wildman–Crippen LogP) is 3.34. The van der Waals surface area contributed by atoms with E-state index in [0.29, 0.717) is 6.54 Å². The van der Waals surface area contributed by atoms with Gasteiger partial charge in [0.15, 0.2) is 0 Å². The van der Waals surface area contributed by atoms with Crippen LogP contribution in [0.25, 0.3) is 10.2 Å². The fraction of sp³-hybridized carbons (Fsp3) is 0.368. The Morgan fingerprint density at radius 1 is 1.32 bits per heavy atom. The maximum atomic E-state index is 10.2. The fourth-order valence-corrected chi connectivity index (χ4v) is 4.46. The number of aryl methyl sites for hydroxylation is 3. The number of aliphatic hydroxyl groups excluding tert-OH is 1. The molecule has 1 aliphatic rings. The molecule has 4 rings (SSSR count). The number of rotatable bonds is 6. The van der Waals surface area contributed by atoms with Crippen molar-refractivity contribution < 1.29 is 9.84 Å². The van der Waals surface area contributed by atoms with Gasteiger partial charge in [-0.05, 0) is 49.4 Å². The lowest BCUT2D eigenvalue weighted by Crippen LogP contribution is -2.26. The van der Waals surface area contributed by atoms with Gasteiger partial charge in [0.25, 0.3) is 0 Å². The van der Waals surface area contributed by atoms with Crippen LogP contribution in [0.4, 0.5) is 5.82 Å². The van der Waals surface area contributed by atoms with Gasteiger partial charge in [0.1, 0.15) is 35.4 Å². The quantitative estimate of drug-likeness (QED) is 0.710. The molecular formula is C19H21N3O2S. The molecule has 1 unspecified atom stereocenters. The number of benzene rings is 1. The third kappa shape index (κ3) is 3.45. The molecule has 3 aromatic rings. The van der Waals surface area contributed by atoms with Gasteiger partial charge in [0.2, 0.25) is 0 Å². The summed E-state index contributed by atoms with van der Waals surface area (Å²) in [5.74, 6) is 1.60. The topological polar surface area (TPSA) is 67.3 Å². The fourth-order valence-electron chi connectivity index (χ4n) is 3.23. The second kappa shape index (κ2) is 6.98. The highest BCUT2D eigenvalue weighted by Gasteiger charge is 2.21. The second-order valence-corrected chi connectivity index (χ2v) is 7.51. The molecule has 1 atom stereocenters. The minimum absolute atomic E-state index is 0.242. The van der Waals surface area contributed by atoms with Crippen LogP contribution in [-0.2, 0) is 12.8 Å². The van der Waals surface area contributed by atoms with Crippen molar-refractivity contribution in [3.63, 3.8) is 0 Å². The lowest BCUT2D eigenvalue weighted by molar-refractivity contribution is 0.117. The van der Waals surface area contributed by atoms with Gasteiger partial charge < -0.3 is 15.2 Å². The Balaban J connectivity index is 1.40. The molecule has 0 bridgehead atoms. The largest absolute Gasteiger partial charge is 0.491 e. The molecule has 0 saturated carbocycles. The summed E-state index contributed by atoms with van der Waals surface area (Å²) in [6.45, 7) is 2.65. The number of thiophene rings is 1. The van der Waals surface area contributed by atoms with Crippen LogP contribution >= 0.6 is 11.3 Å². The van der Waals surface area contributed by atoms with Crippen molar-refractivity contribution in [3.05, 3.63) is 46.6 Å². The molecule has 2 N–H and O–H groups in total. The van der Waals surface area contributed by atoms with Gasteiger partial charge >= 0.3 is 0 Å². The first kappa shape index (κ1) is 16.3. The molecule has 25 heavy (non-hydrogen) atoms. The number of nitrogens with one attached hydrogen (secondary N) is 1. The highest BCUT2D eigenvalue weighted by Crippen LogP contribution is 2.38. The number of ether oxygens (including phenoxy) is 1. The van der Waals surface area contributed by atoms with Crippen molar-refractivity contribution in [1.29, 1.82) is 0 Å². The van der Waals surface area contributed by atoms with Gasteiger partial charge in [-0.15, -0.1) is 11.3 Å². The van der Waals surface area contributed by atoms with E-state index in [0.717, 1.165) is 40.2 Å². The van der Waals surface area contributed by atoms with Gasteiger partial charge in [-0.3, -0.25) is 0 Å². The number of hydrogen-bond donors (Lipinski definition) is 2. The molecule has 0 saturated heterocycles. The lowest BCUT2D eigenvalue weighted by Gasteiger charge is -2.14. The predicted molar refractivity (Wildman–Crippen MR) is 101 cm³/mol. The first-order chi connectivity index (χ1) is 12.2. The Morgan fingerprint density at radius 2 is 2.24 bits per heavy atom. The van der Waals surface area contributed by atoms with Crippen LogP contribution in [-0.4, -0.2) is 34.3 Å². The molecule has 1 aliphatic carbocycles. The van der Waals surface area contributed by atoms with E-state index in [-0.39, 0.29) is 6.61 Å². The molecule has 1 aromatic carbocycles. The highest BCUT2D eigenvalue weighted by atomic mass is 32.1. The summed E-state index contributed by atoms with van der Waals surface area (Å²) in [4.78, 5) is 11.3. The molecule has 5 nitrogen and oxygen atoms in total. The molecule has 130 valence electrons. The van der Waals surface area contributed by atoms with Gasteiger partial charge in [-0.25, -0.2) is 9.97 Å². The highest BCUT2D eigenvalue weighted by molar-refractivity contribution is 7.19. The van der Waals surface area contributed by atoms with E-state index in [1.807, 2.05) is 31.2 Å². The van der Waals surface area contributed by atoms with Crippen LogP contribution in [0.15, 0.2) is 30.6 Å². The second-order valence-electron chi connectivity index (χ2n) is 6.42. The zero-order chi connectivity index (χ0) is 17.2. The Bertz CT molecular complexity index is 894. The SMILES string of the molecule is Cc1cccc(OCC(O)CNc2ncnc3sc4c(c23)CCC4)c1. The van der Waals surface area contributed by atoms with Crippen molar-refractivity contribution in [2.75, 3.05) is 18.5 Å². The van der Waals surface area contributed by atoms with Crippen LogP contribution in [0.1, 0.15) is 22.4 Å². The molecule has 2 aromatic heterocycles. The van der Waals surface area contributed by atoms with Crippen LogP contribution in [0.5, 0.6) is 5.75 Å². The maximum absolute atomic E-state index is 10.2. The third-order valence-electron chi connectivity index (χ3n) is 4.44. The standard InChI is InChI=1S/C19H21N3O2S/c1-12-4-2-5-14(8-12)24-10-13(23)9-20-18-17-15-6-3-7-16(15)25-19(17)22-11-21-18/h2,4-5,8,11,13,23H,3,6-7,9-10H2,1H3,(H,20,21,22). The number of anilines is 1. The molecular weight excluding hydrogens is 334 g/mol. The summed E-state index contributed by atoms with van der Waals surface area (Å²) in [5.41, 5.74) is 2.52. The van der Waals surface area contributed by atoms with Crippen molar-refractivity contribution in [2.45, 2.75) is 32.3 Å². The zero-order valence-corrected chi connectivity index (χ0v) is 15.0. The van der Waals surface area contributed by atoms with Crippen molar-refractivity contribution in [1.82, 2.24) is 9.97 Å². The van der Waals surface area contributed by atoms with E-state index in [1.54, 1.807) is 17.7 Å². The number of nitrogens with zero attached hydrogens (tertiary/aromatic N) is 2. The summed E-state index contributed by atoms with van der Waals surface area (Å²) < 4.78 is 5.66. The van der Waals surface area contributed by atoms with Gasteiger partial charge in [-0.2, -0.15) is 0 Å². The van der Waals surface area contributed by atoms with Crippen LogP contribution in [0, 0.1) is 6.92 Å². The minimum atomic E-state index is -0.614. The molecule has 0 fully saturated rings. The average Bonchev–Trinajstić information content (AvgIpc) is 3.19. The van der Waals surface area contributed by atoms with Gasteiger partial charge in [-0.1, -0.05) is 12.1 Å². The average molecular weight is 355 g/mol. The van der Waals surface area contributed by atoms with Crippen LogP contribution < -0.4 is 10.1 Å². The van der Waals surface area contributed by atoms with Gasteiger partial charge in [0, 0.05) is 11.4 Å². The van der Waals surface area contributed by atoms with Crippen molar-refractivity contribution in [3.8, 4) is 5.75 Å². The number of aromatic nitrogens is 2. The van der Waals surface area contributed by atoms with E-state index >= 15 is 0 Å². The summed E-state index contributed by atoms with van der Waals surface area (Å²) in [7, 11) is 0. The molecule has 0 spiro atoms. The summed E-state index contributed by atoms with van der Waals surface area (Å²) in [5, 5.41) is 14.6. The molecule has 0 aliphatic heterocycles. The lowest BCUT2D eigenvalue weighted by atomic mass is 10.2. The Labute approximate surface area is 150 Å². The van der Waals surface area contributed by atoms with Crippen molar-refractivity contribution in [2.24, 2.45) is 0 Å². The zero-order valence-electron chi connectivity index (χ0n) is 14.2. The monoisotopic (exact) mass is 355 g/mol. The number of aliphatic hydroxyl groups is 1. The van der Waals surface area contributed by atoms with Crippen molar-refractivity contribution >= 4 is 27.4 Å².